The predicted molar refractivity (Wildman–Crippen MR) is 276 cm³/mol. The summed E-state index contributed by atoms with van der Waals surface area (Å²) in [6.07, 6.45) is -10.1. The van der Waals surface area contributed by atoms with Crippen LogP contribution in [0.3, 0.4) is 0 Å². The molecule has 0 bridgehead atoms. The van der Waals surface area contributed by atoms with Crippen LogP contribution in [0.5, 0.6) is 0 Å². The first kappa shape index (κ1) is 54.7. The van der Waals surface area contributed by atoms with Crippen LogP contribution in [-0.2, 0) is 11.8 Å². The summed E-state index contributed by atoms with van der Waals surface area (Å²) in [6, 6.07) is 37.7. The van der Waals surface area contributed by atoms with Crippen molar-refractivity contribution >= 4 is 0 Å². The molecule has 0 aliphatic rings. The second-order valence-electron chi connectivity index (χ2n) is 19.0. The lowest BCUT2D eigenvalue weighted by Gasteiger charge is -2.38. The van der Waals surface area contributed by atoms with Crippen molar-refractivity contribution in [2.45, 2.75) is 135 Å². The average molecular weight is 929 g/mol. The molecule has 0 N–H and O–H groups in total. The average Bonchev–Trinajstić information content (AvgIpc) is 3.24. The molecular formula is C62H70F6. The molecule has 7 aromatic rings. The quantitative estimate of drug-likeness (QED) is 0.151. The Morgan fingerprint density at radius 3 is 0.735 bits per heavy atom. The minimum Gasteiger partial charge on any atom is -0.169 e. The van der Waals surface area contributed by atoms with E-state index in [0.29, 0.717) is 22.3 Å². The number of alkyl halides is 6. The summed E-state index contributed by atoms with van der Waals surface area (Å²) in [5.41, 5.74) is 18.2. The molecule has 360 valence electrons. The van der Waals surface area contributed by atoms with Gasteiger partial charge in [-0.05, 0) is 240 Å². The smallest absolute Gasteiger partial charge is 0.169 e. The fraction of sp³-hybridized carbons (Fsp3) is 0.323. The van der Waals surface area contributed by atoms with E-state index in [2.05, 4.69) is 168 Å². The van der Waals surface area contributed by atoms with Gasteiger partial charge in [-0.3, -0.25) is 0 Å². The Labute approximate surface area is 403 Å². The molecule has 0 atom stereocenters. The number of hydrogen-bond donors (Lipinski definition) is 0. The third-order valence-electron chi connectivity index (χ3n) is 13.7. The second kappa shape index (κ2) is 22.5. The van der Waals surface area contributed by atoms with E-state index in [1.807, 2.05) is 0 Å². The Morgan fingerprint density at radius 2 is 0.485 bits per heavy atom. The molecule has 7 aromatic carbocycles. The Kier molecular flexibility index (Phi) is 18.1. The minimum absolute atomic E-state index is 0.374. The van der Waals surface area contributed by atoms with E-state index in [0.717, 1.165) is 30.7 Å². The summed E-state index contributed by atoms with van der Waals surface area (Å²) < 4.78 is 83.9. The van der Waals surface area contributed by atoms with Crippen LogP contribution in [0.1, 0.15) is 111 Å². The molecule has 0 radical (unpaired) electrons. The molecule has 0 aromatic heterocycles. The summed E-state index contributed by atoms with van der Waals surface area (Å²) in [6.45, 7) is 32.2. The Bertz CT molecular complexity index is 2640. The van der Waals surface area contributed by atoms with Crippen molar-refractivity contribution in [2.24, 2.45) is 0 Å². The lowest BCUT2D eigenvalue weighted by molar-refractivity contribution is -0.288. The fourth-order valence-corrected chi connectivity index (χ4v) is 7.94. The topological polar surface area (TPSA) is 0 Å². The van der Waals surface area contributed by atoms with Crippen LogP contribution in [-0.4, -0.2) is 12.4 Å². The first-order valence-electron chi connectivity index (χ1n) is 23.2. The second-order valence-corrected chi connectivity index (χ2v) is 19.0. The van der Waals surface area contributed by atoms with Gasteiger partial charge in [0.2, 0.25) is 5.41 Å². The third kappa shape index (κ3) is 13.2. The van der Waals surface area contributed by atoms with Gasteiger partial charge in [-0.2, -0.15) is 26.3 Å². The minimum atomic E-state index is -5.55. The van der Waals surface area contributed by atoms with Gasteiger partial charge in [0.05, 0.1) is 0 Å². The highest BCUT2D eigenvalue weighted by Crippen LogP contribution is 2.56. The maximum atomic E-state index is 14.0. The van der Waals surface area contributed by atoms with Gasteiger partial charge in [-0.1, -0.05) is 121 Å². The van der Waals surface area contributed by atoms with Gasteiger partial charge in [-0.15, -0.1) is 0 Å². The predicted octanol–water partition coefficient (Wildman–Crippen LogP) is 18.3. The molecule has 6 heteroatoms. The normalized spacial score (nSPS) is 11.4. The van der Waals surface area contributed by atoms with Crippen molar-refractivity contribution in [1.82, 2.24) is 0 Å². The molecule has 0 heterocycles. The molecule has 0 aliphatic carbocycles. The fourth-order valence-electron chi connectivity index (χ4n) is 7.94. The number of hydrogen-bond acceptors (Lipinski definition) is 0. The van der Waals surface area contributed by atoms with Gasteiger partial charge in [0.15, 0.2) is 0 Å². The molecule has 0 aliphatic heterocycles. The number of halogens is 6. The van der Waals surface area contributed by atoms with Crippen LogP contribution in [0.15, 0.2) is 121 Å². The zero-order valence-electron chi connectivity index (χ0n) is 43.0. The zero-order valence-corrected chi connectivity index (χ0v) is 43.0. The zero-order chi connectivity index (χ0) is 51.1. The van der Waals surface area contributed by atoms with Crippen LogP contribution in [0.25, 0.3) is 11.1 Å². The van der Waals surface area contributed by atoms with Crippen molar-refractivity contribution in [1.29, 1.82) is 0 Å². The summed E-state index contributed by atoms with van der Waals surface area (Å²) in [5.74, 6) is 0. The van der Waals surface area contributed by atoms with E-state index in [9.17, 15) is 26.3 Å². The van der Waals surface area contributed by atoms with Gasteiger partial charge in [0.25, 0.3) is 0 Å². The standard InChI is InChI=1S/C19H18F6.C17H20.C16H18.C10H14/c1-11-5-7-15(9-13(11)3)17(18(20,21)22,19(23,24)25)16-8-6-12(2)14(4)10-16;1-12-5-7-16(9-14(12)3)11-17-8-6-13(2)15(4)10-17;1-11-5-7-15(9-13(11)3)16-8-6-12(2)14(4)10-16;1-7-5-9(3)10(4)6-8(7)2/h5-10H,1-4H3;5-10H,11H2,1-4H3;5-10H,1-4H3;5-6H,1-4H3. The molecule has 0 unspecified atom stereocenters. The van der Waals surface area contributed by atoms with Crippen LogP contribution in [0.2, 0.25) is 0 Å². The monoisotopic (exact) mass is 929 g/mol. The van der Waals surface area contributed by atoms with Crippen LogP contribution >= 0.6 is 0 Å². The maximum Gasteiger partial charge on any atom is 0.411 e. The van der Waals surface area contributed by atoms with E-state index < -0.39 is 28.9 Å². The SMILES string of the molecule is Cc1cc(C)c(C)cc1C.Cc1ccc(-c2ccc(C)c(C)c2)cc1C.Cc1ccc(C(c2ccc(C)c(C)c2)(C(F)(F)F)C(F)(F)F)cc1C.Cc1ccc(Cc2ccc(C)c(C)c2)cc1C. The van der Waals surface area contributed by atoms with Gasteiger partial charge >= 0.3 is 12.4 Å². The maximum absolute atomic E-state index is 14.0. The van der Waals surface area contributed by atoms with Crippen molar-refractivity contribution in [3.63, 3.8) is 0 Å². The van der Waals surface area contributed by atoms with Crippen LogP contribution in [0, 0.1) is 111 Å². The van der Waals surface area contributed by atoms with E-state index in [1.165, 1.54) is 115 Å². The molecule has 0 spiro atoms. The highest BCUT2D eigenvalue weighted by Gasteiger charge is 2.72. The van der Waals surface area contributed by atoms with E-state index >= 15 is 0 Å². The Morgan fingerprint density at radius 1 is 0.250 bits per heavy atom. The van der Waals surface area contributed by atoms with Crippen molar-refractivity contribution < 1.29 is 26.3 Å². The molecule has 0 fully saturated rings. The van der Waals surface area contributed by atoms with Crippen molar-refractivity contribution in [2.75, 3.05) is 0 Å². The molecule has 0 nitrogen and oxygen atoms in total. The lowest BCUT2D eigenvalue weighted by atomic mass is 9.71. The van der Waals surface area contributed by atoms with Gasteiger partial charge in [0, 0.05) is 0 Å². The molecular weight excluding hydrogens is 859 g/mol. The van der Waals surface area contributed by atoms with Crippen LogP contribution < -0.4 is 0 Å². The van der Waals surface area contributed by atoms with Crippen LogP contribution in [0.4, 0.5) is 26.3 Å². The number of benzene rings is 7. The largest absolute Gasteiger partial charge is 0.411 e. The van der Waals surface area contributed by atoms with Gasteiger partial charge in [0.1, 0.15) is 0 Å². The Hall–Kier alpha value is -5.88. The van der Waals surface area contributed by atoms with E-state index in [1.54, 1.807) is 13.8 Å². The summed E-state index contributed by atoms with van der Waals surface area (Å²) in [7, 11) is 0. The van der Waals surface area contributed by atoms with Crippen molar-refractivity contribution in [3.05, 3.63) is 233 Å². The summed E-state index contributed by atoms with van der Waals surface area (Å²) in [4.78, 5) is 0. The molecule has 0 saturated heterocycles. The van der Waals surface area contributed by atoms with Gasteiger partial charge < -0.3 is 0 Å². The van der Waals surface area contributed by atoms with E-state index in [-0.39, 0.29) is 0 Å². The molecule has 0 amide bonds. The first-order chi connectivity index (χ1) is 31.6. The molecule has 7 rings (SSSR count). The number of aryl methyl sites for hydroxylation is 16. The van der Waals surface area contributed by atoms with E-state index in [4.69, 9.17) is 0 Å². The first-order valence-corrected chi connectivity index (χ1v) is 23.2. The lowest BCUT2D eigenvalue weighted by Crippen LogP contribution is -2.54. The summed E-state index contributed by atoms with van der Waals surface area (Å²) >= 11 is 0. The molecule has 0 saturated carbocycles. The highest BCUT2D eigenvalue weighted by atomic mass is 19.4. The number of rotatable bonds is 5. The van der Waals surface area contributed by atoms with Gasteiger partial charge in [-0.25, -0.2) is 0 Å². The Balaban J connectivity index is 0.000000207. The third-order valence-corrected chi connectivity index (χ3v) is 13.7. The summed E-state index contributed by atoms with van der Waals surface area (Å²) in [5, 5.41) is 0. The highest BCUT2D eigenvalue weighted by molar-refractivity contribution is 5.66. The van der Waals surface area contributed by atoms with Crippen molar-refractivity contribution in [3.8, 4) is 11.1 Å². The molecule has 68 heavy (non-hydrogen) atoms.